The molecule has 0 saturated heterocycles. The van der Waals surface area contributed by atoms with Crippen LogP contribution >= 0.6 is 0 Å². The number of ether oxygens (including phenoxy) is 1. The molecule has 0 aromatic heterocycles. The molecule has 0 heterocycles. The highest BCUT2D eigenvalue weighted by Crippen LogP contribution is 2.36. The maximum atomic E-state index is 11.1. The first kappa shape index (κ1) is 16.4. The van der Waals surface area contributed by atoms with Crippen LogP contribution in [0.5, 0.6) is 0 Å². The number of hydrogen-bond acceptors (Lipinski definition) is 5. The molecule has 0 bridgehead atoms. The highest BCUT2D eigenvalue weighted by Gasteiger charge is 2.39. The third-order valence-electron chi connectivity index (χ3n) is 3.52. The minimum Gasteiger partial charge on any atom is -0.466 e. The normalized spacial score (nSPS) is 30.3. The number of allylic oxidation sites excluding steroid dienone is 3. The predicted molar refractivity (Wildman–Crippen MR) is 73.4 cm³/mol. The fourth-order valence-corrected chi connectivity index (χ4v) is 2.45. The van der Waals surface area contributed by atoms with Crippen molar-refractivity contribution >= 4 is 11.9 Å². The predicted octanol–water partition coefficient (Wildman–Crippen LogP) is 0.798. The first-order chi connectivity index (χ1) is 9.49. The topological polar surface area (TPSA) is 83.8 Å². The van der Waals surface area contributed by atoms with Gasteiger partial charge in [-0.2, -0.15) is 0 Å². The van der Waals surface area contributed by atoms with E-state index in [2.05, 4.69) is 4.74 Å². The summed E-state index contributed by atoms with van der Waals surface area (Å²) in [4.78, 5) is 21.3. The molecule has 5 heteroatoms. The van der Waals surface area contributed by atoms with E-state index < -0.39 is 18.2 Å². The van der Waals surface area contributed by atoms with Crippen molar-refractivity contribution in [3.8, 4) is 0 Å². The second kappa shape index (κ2) is 7.80. The van der Waals surface area contributed by atoms with E-state index in [0.29, 0.717) is 12.0 Å². The Balaban J connectivity index is 2.78. The lowest BCUT2D eigenvalue weighted by molar-refractivity contribution is -0.134. The number of esters is 1. The third-order valence-corrected chi connectivity index (χ3v) is 3.52. The molecule has 0 aliphatic heterocycles. The van der Waals surface area contributed by atoms with Crippen LogP contribution in [0.2, 0.25) is 0 Å². The summed E-state index contributed by atoms with van der Waals surface area (Å²) >= 11 is 0. The SMILES string of the molecule is COC(=O)C=C(C)C=C[C@@H]1[C@H](CC=C=O)[C@@H](O)C[C@H]1O. The minimum atomic E-state index is -0.655. The second-order valence-corrected chi connectivity index (χ2v) is 4.94. The van der Waals surface area contributed by atoms with Gasteiger partial charge < -0.3 is 14.9 Å². The molecule has 0 amide bonds. The standard InChI is InChI=1S/C15H20O5/c1-10(8-15(19)20-2)5-6-12-11(4-3-7-16)13(17)9-14(12)18/h3,5-6,8,11-14,17-18H,4,9H2,1-2H3/t11-,12+,13-,14+/m0/s1. The van der Waals surface area contributed by atoms with Crippen LogP contribution in [0.25, 0.3) is 0 Å². The zero-order chi connectivity index (χ0) is 15.1. The van der Waals surface area contributed by atoms with Gasteiger partial charge in [-0.3, -0.25) is 0 Å². The Kier molecular flexibility index (Phi) is 6.39. The molecule has 2 N–H and O–H groups in total. The fraction of sp³-hybridized carbons (Fsp3) is 0.533. The average molecular weight is 280 g/mol. The lowest BCUT2D eigenvalue weighted by Gasteiger charge is -2.18. The Morgan fingerprint density at radius 3 is 2.70 bits per heavy atom. The molecule has 0 unspecified atom stereocenters. The Bertz CT molecular complexity index is 445. The Labute approximate surface area is 118 Å². The quantitative estimate of drug-likeness (QED) is 0.337. The highest BCUT2D eigenvalue weighted by atomic mass is 16.5. The Hall–Kier alpha value is -1.68. The highest BCUT2D eigenvalue weighted by molar-refractivity contribution is 5.83. The van der Waals surface area contributed by atoms with Gasteiger partial charge in [0.15, 0.2) is 0 Å². The summed E-state index contributed by atoms with van der Waals surface area (Å²) in [5.74, 6) is 0.772. The van der Waals surface area contributed by atoms with Crippen LogP contribution in [0.4, 0.5) is 0 Å². The van der Waals surface area contributed by atoms with Gasteiger partial charge in [0.05, 0.1) is 19.3 Å². The van der Waals surface area contributed by atoms with Crippen molar-refractivity contribution in [3.63, 3.8) is 0 Å². The lowest BCUT2D eigenvalue weighted by Crippen LogP contribution is -2.19. The molecule has 1 aliphatic carbocycles. The van der Waals surface area contributed by atoms with Crippen molar-refractivity contribution < 1.29 is 24.5 Å². The van der Waals surface area contributed by atoms with E-state index in [-0.39, 0.29) is 18.3 Å². The molecule has 0 aromatic carbocycles. The monoisotopic (exact) mass is 280 g/mol. The van der Waals surface area contributed by atoms with Crippen molar-refractivity contribution in [2.45, 2.75) is 32.0 Å². The molecular formula is C15H20O5. The zero-order valence-corrected chi connectivity index (χ0v) is 11.7. The van der Waals surface area contributed by atoms with Crippen molar-refractivity contribution in [1.82, 2.24) is 0 Å². The van der Waals surface area contributed by atoms with Gasteiger partial charge in [-0.1, -0.05) is 12.2 Å². The van der Waals surface area contributed by atoms with Crippen LogP contribution in [0.15, 0.2) is 29.9 Å². The van der Waals surface area contributed by atoms with Gasteiger partial charge in [0.1, 0.15) is 5.94 Å². The first-order valence-electron chi connectivity index (χ1n) is 6.49. The van der Waals surface area contributed by atoms with Gasteiger partial charge in [-0.15, -0.1) is 0 Å². The van der Waals surface area contributed by atoms with E-state index in [4.69, 9.17) is 0 Å². The summed E-state index contributed by atoms with van der Waals surface area (Å²) in [5, 5.41) is 19.8. The van der Waals surface area contributed by atoms with Crippen LogP contribution < -0.4 is 0 Å². The first-order valence-corrected chi connectivity index (χ1v) is 6.49. The molecule has 1 aliphatic rings. The largest absolute Gasteiger partial charge is 0.466 e. The molecule has 1 fully saturated rings. The van der Waals surface area contributed by atoms with Crippen LogP contribution in [0.1, 0.15) is 19.8 Å². The molecule has 0 spiro atoms. The van der Waals surface area contributed by atoms with Crippen molar-refractivity contribution in [3.05, 3.63) is 29.9 Å². The molecule has 1 rings (SSSR count). The summed E-state index contributed by atoms with van der Waals surface area (Å²) in [6, 6.07) is 0. The van der Waals surface area contributed by atoms with Crippen LogP contribution in [-0.4, -0.2) is 41.4 Å². The van der Waals surface area contributed by atoms with Gasteiger partial charge in [0, 0.05) is 24.5 Å². The maximum Gasteiger partial charge on any atom is 0.330 e. The molecule has 0 aromatic rings. The molecule has 4 atom stereocenters. The molecule has 110 valence electrons. The van der Waals surface area contributed by atoms with Crippen LogP contribution in [0.3, 0.4) is 0 Å². The summed E-state index contributed by atoms with van der Waals surface area (Å²) in [6.07, 6.45) is 5.49. The van der Waals surface area contributed by atoms with Gasteiger partial charge in [-0.05, 0) is 24.8 Å². The zero-order valence-electron chi connectivity index (χ0n) is 11.7. The van der Waals surface area contributed by atoms with E-state index in [1.807, 2.05) is 0 Å². The molecule has 20 heavy (non-hydrogen) atoms. The summed E-state index contributed by atoms with van der Waals surface area (Å²) in [6.45, 7) is 1.74. The van der Waals surface area contributed by atoms with Crippen molar-refractivity contribution in [1.29, 1.82) is 0 Å². The number of methoxy groups -OCH3 is 1. The van der Waals surface area contributed by atoms with E-state index >= 15 is 0 Å². The molecule has 5 nitrogen and oxygen atoms in total. The van der Waals surface area contributed by atoms with Crippen LogP contribution in [-0.2, 0) is 14.3 Å². The van der Waals surface area contributed by atoms with Gasteiger partial charge in [-0.25, -0.2) is 9.59 Å². The summed E-state index contributed by atoms with van der Waals surface area (Å²) in [7, 11) is 1.30. The Morgan fingerprint density at radius 1 is 1.40 bits per heavy atom. The summed E-state index contributed by atoms with van der Waals surface area (Å²) in [5.41, 5.74) is 0.690. The maximum absolute atomic E-state index is 11.1. The average Bonchev–Trinajstić information content (AvgIpc) is 2.67. The number of aliphatic hydroxyl groups is 2. The van der Waals surface area contributed by atoms with Gasteiger partial charge >= 0.3 is 5.97 Å². The number of carbonyl (C=O) groups is 1. The smallest absolute Gasteiger partial charge is 0.330 e. The second-order valence-electron chi connectivity index (χ2n) is 4.94. The minimum absolute atomic E-state index is 0.214. The van der Waals surface area contributed by atoms with E-state index in [1.165, 1.54) is 19.3 Å². The van der Waals surface area contributed by atoms with Crippen LogP contribution in [0, 0.1) is 11.8 Å². The third kappa shape index (κ3) is 4.46. The lowest BCUT2D eigenvalue weighted by atomic mass is 9.90. The number of hydrogen-bond donors (Lipinski definition) is 2. The number of aliphatic hydroxyl groups excluding tert-OH is 2. The summed E-state index contributed by atoms with van der Waals surface area (Å²) < 4.78 is 4.52. The molecule has 0 radical (unpaired) electrons. The van der Waals surface area contributed by atoms with Crippen molar-refractivity contribution in [2.75, 3.05) is 7.11 Å². The molecular weight excluding hydrogens is 260 g/mol. The number of carbonyl (C=O) groups excluding carboxylic acids is 2. The van der Waals surface area contributed by atoms with Crippen molar-refractivity contribution in [2.24, 2.45) is 11.8 Å². The van der Waals surface area contributed by atoms with E-state index in [1.54, 1.807) is 25.0 Å². The van der Waals surface area contributed by atoms with E-state index in [9.17, 15) is 19.8 Å². The fourth-order valence-electron chi connectivity index (χ4n) is 2.45. The van der Waals surface area contributed by atoms with Gasteiger partial charge in [0.25, 0.3) is 0 Å². The number of rotatable bonds is 5. The molecule has 1 saturated carbocycles. The van der Waals surface area contributed by atoms with E-state index in [0.717, 1.165) is 0 Å². The van der Waals surface area contributed by atoms with Gasteiger partial charge in [0.2, 0.25) is 0 Å². The Morgan fingerprint density at radius 2 is 2.10 bits per heavy atom.